The van der Waals surface area contributed by atoms with Gasteiger partial charge in [-0.25, -0.2) is 8.42 Å². The Hall–Kier alpha value is -1.84. The number of carboxylic acids is 1. The molecule has 0 fully saturated rings. The number of hydrogen-bond acceptors (Lipinski definition) is 3. The van der Waals surface area contributed by atoms with E-state index in [1.807, 2.05) is 20.8 Å². The Morgan fingerprint density at radius 2 is 1.86 bits per heavy atom. The highest BCUT2D eigenvalue weighted by Crippen LogP contribution is 2.23. The Labute approximate surface area is 125 Å². The average Bonchev–Trinajstić information content (AvgIpc) is 2.37. The Morgan fingerprint density at radius 3 is 2.24 bits per heavy atom. The fraction of sp³-hybridized carbons (Fsp3) is 0.400. The zero-order chi connectivity index (χ0) is 16.3. The third-order valence-corrected chi connectivity index (χ3v) is 4.44. The van der Waals surface area contributed by atoms with Crippen molar-refractivity contribution in [2.45, 2.75) is 43.5 Å². The molecule has 5 nitrogen and oxygen atoms in total. The van der Waals surface area contributed by atoms with Crippen LogP contribution in [0.5, 0.6) is 0 Å². The molecule has 1 aromatic rings. The molecule has 6 heteroatoms. The third kappa shape index (κ3) is 4.59. The van der Waals surface area contributed by atoms with E-state index < -0.39 is 22.0 Å². The van der Waals surface area contributed by atoms with E-state index in [1.54, 1.807) is 12.1 Å². The molecular weight excluding hydrogens is 290 g/mol. The largest absolute Gasteiger partial charge is 0.480 e. The molecule has 0 aliphatic carbocycles. The monoisotopic (exact) mass is 309 g/mol. The van der Waals surface area contributed by atoms with E-state index in [4.69, 9.17) is 11.5 Å². The van der Waals surface area contributed by atoms with Gasteiger partial charge in [0.15, 0.2) is 0 Å². The van der Waals surface area contributed by atoms with Crippen molar-refractivity contribution in [3.63, 3.8) is 0 Å². The maximum atomic E-state index is 12.1. The Morgan fingerprint density at radius 1 is 1.33 bits per heavy atom. The normalized spacial score (nSPS) is 13.4. The molecule has 0 radical (unpaired) electrons. The van der Waals surface area contributed by atoms with Gasteiger partial charge in [0.2, 0.25) is 10.0 Å². The lowest BCUT2D eigenvalue weighted by molar-refractivity contribution is -0.138. The van der Waals surface area contributed by atoms with Gasteiger partial charge in [-0.15, -0.1) is 12.3 Å². The number of hydrogen-bond donors (Lipinski definition) is 2. The number of carboxylic acid groups (broad SMARTS) is 1. The van der Waals surface area contributed by atoms with E-state index in [9.17, 15) is 13.2 Å². The summed E-state index contributed by atoms with van der Waals surface area (Å²) in [6.07, 6.45) is 4.83. The summed E-state index contributed by atoms with van der Waals surface area (Å²) < 4.78 is 26.4. The fourth-order valence-corrected chi connectivity index (χ4v) is 2.88. The zero-order valence-corrected chi connectivity index (χ0v) is 13.1. The molecule has 1 unspecified atom stereocenters. The van der Waals surface area contributed by atoms with Gasteiger partial charge in [-0.2, -0.15) is 4.72 Å². The van der Waals surface area contributed by atoms with E-state index >= 15 is 0 Å². The molecule has 0 aliphatic rings. The summed E-state index contributed by atoms with van der Waals surface area (Å²) in [5.74, 6) is 0.841. The number of sulfonamides is 1. The average molecular weight is 309 g/mol. The number of terminal acetylenes is 1. The fourth-order valence-electron chi connectivity index (χ4n) is 1.69. The van der Waals surface area contributed by atoms with E-state index in [-0.39, 0.29) is 16.7 Å². The van der Waals surface area contributed by atoms with Crippen molar-refractivity contribution in [1.29, 1.82) is 0 Å². The van der Waals surface area contributed by atoms with Crippen LogP contribution in [-0.4, -0.2) is 25.5 Å². The van der Waals surface area contributed by atoms with Crippen molar-refractivity contribution in [1.82, 2.24) is 4.72 Å². The first-order valence-electron chi connectivity index (χ1n) is 6.37. The second-order valence-electron chi connectivity index (χ2n) is 5.69. The molecule has 1 rings (SSSR count). The maximum absolute atomic E-state index is 12.1. The number of rotatable bonds is 5. The van der Waals surface area contributed by atoms with Crippen LogP contribution in [0.3, 0.4) is 0 Å². The quantitative estimate of drug-likeness (QED) is 0.812. The second-order valence-corrected chi connectivity index (χ2v) is 7.41. The molecular formula is C15H19NO4S. The van der Waals surface area contributed by atoms with Gasteiger partial charge < -0.3 is 5.11 Å². The van der Waals surface area contributed by atoms with Gasteiger partial charge in [-0.3, -0.25) is 4.79 Å². The van der Waals surface area contributed by atoms with Gasteiger partial charge in [0, 0.05) is 6.42 Å². The lowest BCUT2D eigenvalue weighted by Crippen LogP contribution is -2.40. The zero-order valence-electron chi connectivity index (χ0n) is 12.3. The smallest absolute Gasteiger partial charge is 0.322 e. The standard InChI is InChI=1S/C15H19NO4S/c1-5-6-13(14(17)18)16-21(19,20)12-9-7-11(8-10-12)15(2,3)4/h1,7-10,13,16H,6H2,2-4H3,(H,17,18). The third-order valence-electron chi connectivity index (χ3n) is 2.95. The van der Waals surface area contributed by atoms with Gasteiger partial charge in [0.1, 0.15) is 6.04 Å². The minimum Gasteiger partial charge on any atom is -0.480 e. The van der Waals surface area contributed by atoms with Crippen molar-refractivity contribution in [3.05, 3.63) is 29.8 Å². The summed E-state index contributed by atoms with van der Waals surface area (Å²) in [5, 5.41) is 8.94. The van der Waals surface area contributed by atoms with Crippen molar-refractivity contribution < 1.29 is 18.3 Å². The van der Waals surface area contributed by atoms with Crippen LogP contribution in [0.25, 0.3) is 0 Å². The second kappa shape index (κ2) is 6.29. The molecule has 0 amide bonds. The highest BCUT2D eigenvalue weighted by Gasteiger charge is 2.25. The molecule has 0 aromatic heterocycles. The molecule has 0 bridgehead atoms. The van der Waals surface area contributed by atoms with Crippen LogP contribution in [-0.2, 0) is 20.2 Å². The van der Waals surface area contributed by atoms with Gasteiger partial charge in [-0.1, -0.05) is 32.9 Å². The van der Waals surface area contributed by atoms with Crippen molar-refractivity contribution in [2.75, 3.05) is 0 Å². The number of benzene rings is 1. The molecule has 0 aliphatic heterocycles. The maximum Gasteiger partial charge on any atom is 0.322 e. The van der Waals surface area contributed by atoms with Crippen LogP contribution in [0.2, 0.25) is 0 Å². The summed E-state index contributed by atoms with van der Waals surface area (Å²) in [5.41, 5.74) is 0.892. The van der Waals surface area contributed by atoms with Crippen LogP contribution in [0.15, 0.2) is 29.2 Å². The summed E-state index contributed by atoms with van der Waals surface area (Å²) in [6, 6.07) is 5.01. The molecule has 0 spiro atoms. The molecule has 1 aromatic carbocycles. The van der Waals surface area contributed by atoms with Crippen LogP contribution in [0.4, 0.5) is 0 Å². The van der Waals surface area contributed by atoms with Gasteiger partial charge in [-0.05, 0) is 23.1 Å². The molecule has 0 saturated carbocycles. The summed E-state index contributed by atoms with van der Waals surface area (Å²) >= 11 is 0. The van der Waals surface area contributed by atoms with E-state index in [1.165, 1.54) is 12.1 Å². The van der Waals surface area contributed by atoms with E-state index in [2.05, 4.69) is 10.6 Å². The summed E-state index contributed by atoms with van der Waals surface area (Å²) in [7, 11) is -3.92. The molecule has 2 N–H and O–H groups in total. The van der Waals surface area contributed by atoms with Crippen LogP contribution in [0, 0.1) is 12.3 Å². The molecule has 0 saturated heterocycles. The lowest BCUT2D eigenvalue weighted by atomic mass is 9.87. The Balaban J connectivity index is 3.03. The molecule has 114 valence electrons. The molecule has 21 heavy (non-hydrogen) atoms. The first-order chi connectivity index (χ1) is 9.58. The van der Waals surface area contributed by atoms with E-state index in [0.29, 0.717) is 0 Å². The first kappa shape index (κ1) is 17.2. The van der Waals surface area contributed by atoms with Crippen molar-refractivity contribution >= 4 is 16.0 Å². The van der Waals surface area contributed by atoms with Gasteiger partial charge in [0.05, 0.1) is 4.90 Å². The first-order valence-corrected chi connectivity index (χ1v) is 7.85. The van der Waals surface area contributed by atoms with Gasteiger partial charge >= 0.3 is 5.97 Å². The van der Waals surface area contributed by atoms with E-state index in [0.717, 1.165) is 5.56 Å². The number of nitrogens with one attached hydrogen (secondary N) is 1. The van der Waals surface area contributed by atoms with Crippen LogP contribution >= 0.6 is 0 Å². The van der Waals surface area contributed by atoms with Crippen molar-refractivity contribution in [2.24, 2.45) is 0 Å². The van der Waals surface area contributed by atoms with Crippen LogP contribution in [0.1, 0.15) is 32.8 Å². The van der Waals surface area contributed by atoms with Gasteiger partial charge in [0.25, 0.3) is 0 Å². The summed E-state index contributed by atoms with van der Waals surface area (Å²) in [6.45, 7) is 6.05. The Kier molecular flexibility index (Phi) is 5.15. The Bertz CT molecular complexity index is 648. The molecule has 1 atom stereocenters. The van der Waals surface area contributed by atoms with Crippen LogP contribution < -0.4 is 4.72 Å². The highest BCUT2D eigenvalue weighted by molar-refractivity contribution is 7.89. The minimum absolute atomic E-state index is 0.0128. The SMILES string of the molecule is C#CCC(NS(=O)(=O)c1ccc(C(C)(C)C)cc1)C(=O)O. The van der Waals surface area contributed by atoms with Crippen molar-refractivity contribution in [3.8, 4) is 12.3 Å². The number of carbonyl (C=O) groups is 1. The predicted molar refractivity (Wildman–Crippen MR) is 80.3 cm³/mol. The minimum atomic E-state index is -3.92. The molecule has 0 heterocycles. The highest BCUT2D eigenvalue weighted by atomic mass is 32.2. The predicted octanol–water partition coefficient (Wildman–Crippen LogP) is 1.74. The summed E-state index contributed by atoms with van der Waals surface area (Å²) in [4.78, 5) is 11.0. The number of aliphatic carboxylic acids is 1. The lowest BCUT2D eigenvalue weighted by Gasteiger charge is -2.19. The topological polar surface area (TPSA) is 83.5 Å².